The van der Waals surface area contributed by atoms with Crippen molar-refractivity contribution < 1.29 is 9.18 Å². The van der Waals surface area contributed by atoms with E-state index in [4.69, 9.17) is 11.6 Å². The number of hydrogen-bond acceptors (Lipinski definition) is 1. The first kappa shape index (κ1) is 14.7. The molecule has 0 bridgehead atoms. The molecule has 17 heavy (non-hydrogen) atoms. The van der Waals surface area contributed by atoms with Crippen LogP contribution in [0.3, 0.4) is 0 Å². The third kappa shape index (κ3) is 4.43. The van der Waals surface area contributed by atoms with Crippen molar-refractivity contribution in [3.8, 4) is 0 Å². The lowest BCUT2D eigenvalue weighted by Crippen LogP contribution is -2.29. The zero-order valence-corrected chi connectivity index (χ0v) is 12.6. The second kappa shape index (κ2) is 6.54. The molecule has 1 rings (SSSR count). The second-order valence-corrected chi connectivity index (χ2v) is 5.83. The fourth-order valence-electron chi connectivity index (χ4n) is 1.34. The van der Waals surface area contributed by atoms with Crippen LogP contribution >= 0.6 is 34.2 Å². The summed E-state index contributed by atoms with van der Waals surface area (Å²) in [5, 5.41) is 0.0394. The van der Waals surface area contributed by atoms with Crippen LogP contribution in [0.1, 0.15) is 23.7 Å². The van der Waals surface area contributed by atoms with Gasteiger partial charge in [0.15, 0.2) is 0 Å². The van der Waals surface area contributed by atoms with Crippen molar-refractivity contribution in [3.05, 3.63) is 33.1 Å². The molecule has 0 spiro atoms. The van der Waals surface area contributed by atoms with Crippen molar-refractivity contribution in [1.29, 1.82) is 0 Å². The van der Waals surface area contributed by atoms with Gasteiger partial charge in [0.1, 0.15) is 5.82 Å². The van der Waals surface area contributed by atoms with E-state index in [0.29, 0.717) is 15.7 Å². The average molecular weight is 370 g/mol. The lowest BCUT2D eigenvalue weighted by Gasteiger charge is -2.18. The first-order valence-electron chi connectivity index (χ1n) is 5.26. The molecule has 1 atom stereocenters. The van der Waals surface area contributed by atoms with Crippen molar-refractivity contribution >= 4 is 40.1 Å². The molecule has 94 valence electrons. The molecule has 0 aromatic heterocycles. The van der Waals surface area contributed by atoms with Crippen molar-refractivity contribution in [1.82, 2.24) is 4.90 Å². The molecule has 0 N–H and O–H groups in total. The molecule has 0 saturated heterocycles. The van der Waals surface area contributed by atoms with Crippen LogP contribution in [-0.2, 0) is 0 Å². The SMILES string of the molecule is CC(Cl)CCN(C)C(=O)c1ccc(F)cc1I. The number of nitrogens with zero attached hydrogens (tertiary/aromatic N) is 1. The summed E-state index contributed by atoms with van der Waals surface area (Å²) in [5.74, 6) is -0.435. The molecule has 2 nitrogen and oxygen atoms in total. The molecular weight excluding hydrogens is 355 g/mol. The monoisotopic (exact) mass is 369 g/mol. The Morgan fingerprint density at radius 1 is 1.59 bits per heavy atom. The molecule has 1 aromatic rings. The van der Waals surface area contributed by atoms with Gasteiger partial charge in [-0.1, -0.05) is 0 Å². The highest BCUT2D eigenvalue weighted by atomic mass is 127. The van der Waals surface area contributed by atoms with Gasteiger partial charge in [0.2, 0.25) is 0 Å². The lowest BCUT2D eigenvalue weighted by atomic mass is 10.2. The fraction of sp³-hybridized carbons (Fsp3) is 0.417. The predicted molar refractivity (Wildman–Crippen MR) is 76.0 cm³/mol. The van der Waals surface area contributed by atoms with Crippen LogP contribution in [0.2, 0.25) is 0 Å². The van der Waals surface area contributed by atoms with E-state index in [2.05, 4.69) is 0 Å². The Kier molecular flexibility index (Phi) is 5.66. The predicted octanol–water partition coefficient (Wildman–Crippen LogP) is 3.52. The molecule has 0 aliphatic heterocycles. The summed E-state index contributed by atoms with van der Waals surface area (Å²) in [6.07, 6.45) is 0.738. The highest BCUT2D eigenvalue weighted by Gasteiger charge is 2.15. The van der Waals surface area contributed by atoms with Crippen LogP contribution < -0.4 is 0 Å². The van der Waals surface area contributed by atoms with Gasteiger partial charge in [-0.15, -0.1) is 11.6 Å². The number of amides is 1. The molecule has 0 fully saturated rings. The molecule has 1 amide bonds. The van der Waals surface area contributed by atoms with E-state index in [-0.39, 0.29) is 17.1 Å². The van der Waals surface area contributed by atoms with E-state index in [1.54, 1.807) is 11.9 Å². The van der Waals surface area contributed by atoms with Gasteiger partial charge in [0, 0.05) is 22.5 Å². The highest BCUT2D eigenvalue weighted by molar-refractivity contribution is 14.1. The summed E-state index contributed by atoms with van der Waals surface area (Å²) < 4.78 is 13.5. The number of alkyl halides is 1. The van der Waals surface area contributed by atoms with Crippen molar-refractivity contribution in [2.45, 2.75) is 18.7 Å². The topological polar surface area (TPSA) is 20.3 Å². The maximum absolute atomic E-state index is 12.9. The van der Waals surface area contributed by atoms with E-state index >= 15 is 0 Å². The number of carbonyl (C=O) groups excluding carboxylic acids is 1. The average Bonchev–Trinajstić information content (AvgIpc) is 2.25. The maximum Gasteiger partial charge on any atom is 0.254 e. The Hall–Kier alpha value is -0.360. The molecule has 5 heteroatoms. The third-order valence-corrected chi connectivity index (χ3v) is 3.48. The summed E-state index contributed by atoms with van der Waals surface area (Å²) >= 11 is 7.80. The summed E-state index contributed by atoms with van der Waals surface area (Å²) in [7, 11) is 1.72. The Labute approximate surface area is 119 Å². The number of carbonyl (C=O) groups is 1. The fourth-order valence-corrected chi connectivity index (χ4v) is 2.15. The van der Waals surface area contributed by atoms with E-state index in [1.807, 2.05) is 29.5 Å². The van der Waals surface area contributed by atoms with Crippen LogP contribution in [-0.4, -0.2) is 29.8 Å². The summed E-state index contributed by atoms with van der Waals surface area (Å²) in [5.41, 5.74) is 0.525. The first-order chi connectivity index (χ1) is 7.91. The zero-order valence-electron chi connectivity index (χ0n) is 9.71. The van der Waals surface area contributed by atoms with Gasteiger partial charge in [-0.3, -0.25) is 4.79 Å². The van der Waals surface area contributed by atoms with Gasteiger partial charge in [0.25, 0.3) is 5.91 Å². The minimum Gasteiger partial charge on any atom is -0.342 e. The first-order valence-corrected chi connectivity index (χ1v) is 6.78. The Morgan fingerprint density at radius 2 is 2.24 bits per heavy atom. The van der Waals surface area contributed by atoms with Crippen molar-refractivity contribution in [3.63, 3.8) is 0 Å². The number of rotatable bonds is 4. The molecule has 0 saturated carbocycles. The molecule has 0 aliphatic rings. The zero-order chi connectivity index (χ0) is 13.0. The number of halogens is 3. The van der Waals surface area contributed by atoms with Crippen LogP contribution in [0.15, 0.2) is 18.2 Å². The third-order valence-electron chi connectivity index (χ3n) is 2.37. The molecule has 0 heterocycles. The van der Waals surface area contributed by atoms with Crippen LogP contribution in [0, 0.1) is 9.39 Å². The van der Waals surface area contributed by atoms with Crippen LogP contribution in [0.5, 0.6) is 0 Å². The summed E-state index contributed by atoms with van der Waals surface area (Å²) in [4.78, 5) is 13.7. The summed E-state index contributed by atoms with van der Waals surface area (Å²) in [6.45, 7) is 2.48. The van der Waals surface area contributed by atoms with Gasteiger partial charge in [-0.2, -0.15) is 0 Å². The molecule has 0 aliphatic carbocycles. The maximum atomic E-state index is 12.9. The van der Waals surface area contributed by atoms with Crippen LogP contribution in [0.25, 0.3) is 0 Å². The van der Waals surface area contributed by atoms with Gasteiger partial charge >= 0.3 is 0 Å². The number of hydrogen-bond donors (Lipinski definition) is 0. The normalized spacial score (nSPS) is 12.3. The standard InChI is InChI=1S/C12H14ClFINO/c1-8(13)5-6-16(2)12(17)10-4-3-9(14)7-11(10)15/h3-4,7-8H,5-6H2,1-2H3. The molecular formula is C12H14ClFINO. The van der Waals surface area contributed by atoms with E-state index in [9.17, 15) is 9.18 Å². The van der Waals surface area contributed by atoms with Gasteiger partial charge in [0.05, 0.1) is 5.56 Å². The molecule has 1 unspecified atom stereocenters. The number of benzene rings is 1. The Balaban J connectivity index is 2.75. The lowest BCUT2D eigenvalue weighted by molar-refractivity contribution is 0.0792. The minimum absolute atomic E-state index is 0.0394. The Morgan fingerprint density at radius 3 is 2.76 bits per heavy atom. The van der Waals surface area contributed by atoms with E-state index < -0.39 is 0 Å². The highest BCUT2D eigenvalue weighted by Crippen LogP contribution is 2.16. The van der Waals surface area contributed by atoms with Crippen LogP contribution in [0.4, 0.5) is 4.39 Å². The van der Waals surface area contributed by atoms with E-state index in [1.165, 1.54) is 18.2 Å². The largest absolute Gasteiger partial charge is 0.342 e. The quantitative estimate of drug-likeness (QED) is 0.587. The van der Waals surface area contributed by atoms with Gasteiger partial charge < -0.3 is 4.90 Å². The van der Waals surface area contributed by atoms with Gasteiger partial charge in [-0.05, 0) is 54.1 Å². The van der Waals surface area contributed by atoms with Gasteiger partial charge in [-0.25, -0.2) is 4.39 Å². The van der Waals surface area contributed by atoms with Crippen molar-refractivity contribution in [2.24, 2.45) is 0 Å². The minimum atomic E-state index is -0.331. The molecule has 1 aromatic carbocycles. The van der Waals surface area contributed by atoms with Crippen molar-refractivity contribution in [2.75, 3.05) is 13.6 Å². The molecule has 0 radical (unpaired) electrons. The second-order valence-electron chi connectivity index (χ2n) is 3.92. The summed E-state index contributed by atoms with van der Waals surface area (Å²) in [6, 6.07) is 4.17. The Bertz CT molecular complexity index is 411. The smallest absolute Gasteiger partial charge is 0.254 e. The van der Waals surface area contributed by atoms with E-state index in [0.717, 1.165) is 6.42 Å².